The van der Waals surface area contributed by atoms with Gasteiger partial charge in [0.2, 0.25) is 15.9 Å². The van der Waals surface area contributed by atoms with E-state index in [0.717, 1.165) is 39.9 Å². The number of anilines is 1. The van der Waals surface area contributed by atoms with Crippen molar-refractivity contribution in [2.75, 3.05) is 38.0 Å². The minimum absolute atomic E-state index is 0.0354. The monoisotopic (exact) mass is 465 g/mol. The predicted molar refractivity (Wildman–Crippen MR) is 120 cm³/mol. The van der Waals surface area contributed by atoms with Crippen LogP contribution in [-0.4, -0.2) is 56.3 Å². The molecule has 0 spiro atoms. The van der Waals surface area contributed by atoms with Gasteiger partial charge in [-0.1, -0.05) is 0 Å². The number of hydrogen-bond acceptors (Lipinski definition) is 4. The van der Waals surface area contributed by atoms with Crippen LogP contribution in [-0.2, 0) is 14.8 Å². The summed E-state index contributed by atoms with van der Waals surface area (Å²) in [6.07, 6.45) is 0. The maximum absolute atomic E-state index is 13.4. The Labute approximate surface area is 188 Å². The van der Waals surface area contributed by atoms with E-state index < -0.39 is 21.7 Å². The van der Waals surface area contributed by atoms with Crippen molar-refractivity contribution in [3.8, 4) is 0 Å². The van der Waals surface area contributed by atoms with E-state index in [9.17, 15) is 22.0 Å². The van der Waals surface area contributed by atoms with E-state index in [4.69, 9.17) is 0 Å². The molecule has 2 aromatic rings. The topological polar surface area (TPSA) is 69.7 Å². The molecule has 3 rings (SSSR count). The van der Waals surface area contributed by atoms with Gasteiger partial charge in [0.25, 0.3) is 0 Å². The summed E-state index contributed by atoms with van der Waals surface area (Å²) in [7, 11) is -3.67. The molecule has 0 atom stereocenters. The van der Waals surface area contributed by atoms with Crippen molar-refractivity contribution in [2.24, 2.45) is 0 Å². The summed E-state index contributed by atoms with van der Waals surface area (Å²) in [5.74, 6) is -2.39. The average molecular weight is 466 g/mol. The summed E-state index contributed by atoms with van der Waals surface area (Å²) in [6.45, 7) is 11.0. The van der Waals surface area contributed by atoms with Gasteiger partial charge in [0, 0.05) is 37.9 Å². The smallest absolute Gasteiger partial charge is 0.243 e. The largest absolute Gasteiger partial charge is 0.325 e. The number of carbonyl (C=O) groups excluding carboxylic acids is 1. The third-order valence-corrected chi connectivity index (χ3v) is 8.60. The maximum atomic E-state index is 13.4. The highest BCUT2D eigenvalue weighted by Gasteiger charge is 2.32. The minimum Gasteiger partial charge on any atom is -0.325 e. The lowest BCUT2D eigenvalue weighted by Crippen LogP contribution is -2.50. The first kappa shape index (κ1) is 24.3. The van der Waals surface area contributed by atoms with Gasteiger partial charge in [-0.15, -0.1) is 0 Å². The van der Waals surface area contributed by atoms with E-state index in [1.807, 2.05) is 39.5 Å². The summed E-state index contributed by atoms with van der Waals surface area (Å²) < 4.78 is 54.7. The number of nitrogens with one attached hydrogen (secondary N) is 1. The molecule has 0 radical (unpaired) electrons. The van der Waals surface area contributed by atoms with E-state index >= 15 is 0 Å². The third-order valence-electron chi connectivity index (χ3n) is 6.43. The van der Waals surface area contributed by atoms with Crippen LogP contribution in [0.2, 0.25) is 0 Å². The van der Waals surface area contributed by atoms with E-state index in [0.29, 0.717) is 18.0 Å². The molecule has 0 saturated carbocycles. The van der Waals surface area contributed by atoms with Gasteiger partial charge in [-0.05, 0) is 74.6 Å². The van der Waals surface area contributed by atoms with Crippen molar-refractivity contribution in [3.63, 3.8) is 0 Å². The summed E-state index contributed by atoms with van der Waals surface area (Å²) in [4.78, 5) is 14.5. The van der Waals surface area contributed by atoms with Gasteiger partial charge in [0.05, 0.1) is 11.4 Å². The highest BCUT2D eigenvalue weighted by Crippen LogP contribution is 2.31. The molecule has 1 aliphatic rings. The number of nitrogens with zero attached hydrogens (tertiary/aromatic N) is 2. The first-order valence-electron chi connectivity index (χ1n) is 10.5. The Bertz CT molecular complexity index is 1130. The van der Waals surface area contributed by atoms with Crippen LogP contribution >= 0.6 is 0 Å². The molecule has 2 aromatic carbocycles. The molecule has 0 bridgehead atoms. The molecule has 0 unspecified atom stereocenters. The molecular formula is C23H29F2N3O3S. The summed E-state index contributed by atoms with van der Waals surface area (Å²) in [5, 5.41) is 2.54. The predicted octanol–water partition coefficient (Wildman–Crippen LogP) is 3.45. The number of rotatable bonds is 5. The standard InChI is InChI=1S/C23H29F2N3O3S/c1-14-15(2)17(4)23(18(5)16(14)3)32(30,31)28-10-8-27(9-11-28)13-22(29)26-19-6-7-20(24)21(25)12-19/h6-7,12H,8-11,13H2,1-5H3,(H,26,29). The molecule has 6 nitrogen and oxygen atoms in total. The Morgan fingerprint density at radius 3 is 1.94 bits per heavy atom. The Morgan fingerprint density at radius 1 is 0.875 bits per heavy atom. The lowest BCUT2D eigenvalue weighted by atomic mass is 9.95. The van der Waals surface area contributed by atoms with Crippen LogP contribution in [0.5, 0.6) is 0 Å². The zero-order valence-corrected chi connectivity index (χ0v) is 19.9. The minimum atomic E-state index is -3.67. The molecule has 9 heteroatoms. The van der Waals surface area contributed by atoms with Gasteiger partial charge < -0.3 is 5.32 Å². The lowest BCUT2D eigenvalue weighted by molar-refractivity contribution is -0.117. The van der Waals surface area contributed by atoms with Gasteiger partial charge in [-0.25, -0.2) is 17.2 Å². The summed E-state index contributed by atoms with van der Waals surface area (Å²) in [5.41, 5.74) is 4.80. The number of hydrogen-bond donors (Lipinski definition) is 1. The van der Waals surface area contributed by atoms with Gasteiger partial charge in [-0.2, -0.15) is 4.31 Å². The summed E-state index contributed by atoms with van der Waals surface area (Å²) >= 11 is 0. The fourth-order valence-electron chi connectivity index (χ4n) is 4.09. The highest BCUT2D eigenvalue weighted by molar-refractivity contribution is 7.89. The van der Waals surface area contributed by atoms with E-state index in [1.54, 1.807) is 0 Å². The molecule has 0 aliphatic carbocycles. The number of carbonyl (C=O) groups is 1. The highest BCUT2D eigenvalue weighted by atomic mass is 32.2. The molecule has 1 heterocycles. The lowest BCUT2D eigenvalue weighted by Gasteiger charge is -2.34. The zero-order valence-electron chi connectivity index (χ0n) is 19.1. The fraction of sp³-hybridized carbons (Fsp3) is 0.435. The Balaban J connectivity index is 1.66. The van der Waals surface area contributed by atoms with E-state index in [2.05, 4.69) is 5.32 Å². The van der Waals surface area contributed by atoms with Crippen LogP contribution in [0.1, 0.15) is 27.8 Å². The molecule has 1 aliphatic heterocycles. The number of amides is 1. The number of benzene rings is 2. The second-order valence-electron chi connectivity index (χ2n) is 8.31. The van der Waals surface area contributed by atoms with Gasteiger partial charge in [-0.3, -0.25) is 9.69 Å². The van der Waals surface area contributed by atoms with Gasteiger partial charge in [0.15, 0.2) is 11.6 Å². The second kappa shape index (κ2) is 9.25. The number of piperazine rings is 1. The molecule has 32 heavy (non-hydrogen) atoms. The van der Waals surface area contributed by atoms with Crippen LogP contribution in [0.4, 0.5) is 14.5 Å². The molecule has 1 amide bonds. The van der Waals surface area contributed by atoms with Crippen molar-refractivity contribution in [2.45, 2.75) is 39.5 Å². The quantitative estimate of drug-likeness (QED) is 0.734. The average Bonchev–Trinajstić information content (AvgIpc) is 2.74. The fourth-order valence-corrected chi connectivity index (χ4v) is 6.07. The zero-order chi connectivity index (χ0) is 23.8. The van der Waals surface area contributed by atoms with Crippen LogP contribution in [0.25, 0.3) is 0 Å². The molecule has 1 N–H and O–H groups in total. The normalized spacial score (nSPS) is 15.7. The molecule has 0 aromatic heterocycles. The first-order valence-corrected chi connectivity index (χ1v) is 11.9. The second-order valence-corrected chi connectivity index (χ2v) is 10.2. The van der Waals surface area contributed by atoms with E-state index in [1.165, 1.54) is 10.4 Å². The summed E-state index contributed by atoms with van der Waals surface area (Å²) in [6, 6.07) is 3.16. The van der Waals surface area contributed by atoms with Crippen molar-refractivity contribution in [3.05, 3.63) is 57.7 Å². The van der Waals surface area contributed by atoms with Crippen molar-refractivity contribution in [1.29, 1.82) is 0 Å². The van der Waals surface area contributed by atoms with Crippen LogP contribution in [0.15, 0.2) is 23.1 Å². The molecule has 1 fully saturated rings. The van der Waals surface area contributed by atoms with Crippen molar-refractivity contribution in [1.82, 2.24) is 9.21 Å². The van der Waals surface area contributed by atoms with Gasteiger partial charge >= 0.3 is 0 Å². The Hall–Kier alpha value is -2.36. The van der Waals surface area contributed by atoms with Crippen molar-refractivity contribution >= 4 is 21.6 Å². The molecular weight excluding hydrogens is 436 g/mol. The SMILES string of the molecule is Cc1c(C)c(C)c(S(=O)(=O)N2CCN(CC(=O)Nc3ccc(F)c(F)c3)CC2)c(C)c1C. The van der Waals surface area contributed by atoms with Gasteiger partial charge in [0.1, 0.15) is 0 Å². The van der Waals surface area contributed by atoms with Crippen LogP contribution in [0.3, 0.4) is 0 Å². The third kappa shape index (κ3) is 4.69. The Morgan fingerprint density at radius 2 is 1.41 bits per heavy atom. The molecule has 174 valence electrons. The molecule has 1 saturated heterocycles. The van der Waals surface area contributed by atoms with Crippen LogP contribution < -0.4 is 5.32 Å². The number of halogens is 2. The maximum Gasteiger partial charge on any atom is 0.243 e. The first-order chi connectivity index (χ1) is 14.9. The Kier molecular flexibility index (Phi) is 7.02. The van der Waals surface area contributed by atoms with Crippen molar-refractivity contribution < 1.29 is 22.0 Å². The van der Waals surface area contributed by atoms with E-state index in [-0.39, 0.29) is 31.2 Å². The van der Waals surface area contributed by atoms with Crippen LogP contribution in [0, 0.1) is 46.3 Å². The number of sulfonamides is 1.